The normalized spacial score (nSPS) is 22.3. The molecule has 2 fully saturated rings. The van der Waals surface area contributed by atoms with Gasteiger partial charge in [0, 0.05) is 25.3 Å². The highest BCUT2D eigenvalue weighted by Crippen LogP contribution is 2.21. The van der Waals surface area contributed by atoms with Gasteiger partial charge in [-0.25, -0.2) is 9.18 Å². The maximum absolute atomic E-state index is 13.4. The molecular weight excluding hydrogens is 281 g/mol. The molecule has 22 heavy (non-hydrogen) atoms. The van der Waals surface area contributed by atoms with E-state index in [-0.39, 0.29) is 11.8 Å². The van der Waals surface area contributed by atoms with E-state index in [9.17, 15) is 9.18 Å². The molecule has 2 aliphatic rings. The van der Waals surface area contributed by atoms with Gasteiger partial charge in [-0.3, -0.25) is 0 Å². The number of rotatable bonds is 3. The van der Waals surface area contributed by atoms with Gasteiger partial charge in [-0.2, -0.15) is 0 Å². The lowest BCUT2D eigenvalue weighted by molar-refractivity contribution is 0.217. The Morgan fingerprint density at radius 3 is 2.77 bits per heavy atom. The molecule has 1 aromatic carbocycles. The van der Waals surface area contributed by atoms with Gasteiger partial charge in [0.05, 0.1) is 0 Å². The van der Waals surface area contributed by atoms with Crippen LogP contribution in [0.15, 0.2) is 18.2 Å². The molecule has 0 aromatic heterocycles. The maximum Gasteiger partial charge on any atom is 0.321 e. The van der Waals surface area contributed by atoms with E-state index in [1.807, 2.05) is 11.8 Å². The highest BCUT2D eigenvalue weighted by atomic mass is 19.1. The van der Waals surface area contributed by atoms with E-state index in [4.69, 9.17) is 0 Å². The Bertz CT molecular complexity index is 522. The highest BCUT2D eigenvalue weighted by molar-refractivity contribution is 5.89. The van der Waals surface area contributed by atoms with Crippen LogP contribution in [0.3, 0.4) is 0 Å². The van der Waals surface area contributed by atoms with E-state index in [1.165, 1.54) is 38.1 Å². The zero-order valence-corrected chi connectivity index (χ0v) is 13.1. The zero-order valence-electron chi connectivity index (χ0n) is 13.1. The number of urea groups is 1. The van der Waals surface area contributed by atoms with Crippen LogP contribution in [0, 0.1) is 18.7 Å². The van der Waals surface area contributed by atoms with Crippen molar-refractivity contribution in [2.75, 3.05) is 38.0 Å². The number of amides is 2. The lowest BCUT2D eigenvalue weighted by atomic mass is 10.1. The van der Waals surface area contributed by atoms with Crippen LogP contribution in [0.1, 0.15) is 24.8 Å². The predicted octanol–water partition coefficient (Wildman–Crippen LogP) is 3.08. The maximum atomic E-state index is 13.4. The first-order chi connectivity index (χ1) is 10.6. The molecule has 2 amide bonds. The molecule has 2 saturated heterocycles. The average Bonchev–Trinajstić information content (AvgIpc) is 3.09. The Labute approximate surface area is 131 Å². The van der Waals surface area contributed by atoms with Crippen molar-refractivity contribution in [1.29, 1.82) is 0 Å². The molecule has 1 atom stereocenters. The van der Waals surface area contributed by atoms with Gasteiger partial charge in [-0.05, 0) is 69.0 Å². The number of carbonyl (C=O) groups is 1. The number of anilines is 1. The van der Waals surface area contributed by atoms with Crippen molar-refractivity contribution in [2.45, 2.75) is 26.2 Å². The Morgan fingerprint density at radius 1 is 1.27 bits per heavy atom. The third kappa shape index (κ3) is 3.77. The molecule has 1 unspecified atom stereocenters. The first-order valence-corrected chi connectivity index (χ1v) is 8.15. The van der Waals surface area contributed by atoms with Crippen molar-refractivity contribution in [1.82, 2.24) is 9.80 Å². The van der Waals surface area contributed by atoms with Gasteiger partial charge in [0.2, 0.25) is 0 Å². The lowest BCUT2D eigenvalue weighted by Gasteiger charge is -2.21. The summed E-state index contributed by atoms with van der Waals surface area (Å²) in [6.45, 7) is 6.91. The smallest absolute Gasteiger partial charge is 0.321 e. The fourth-order valence-electron chi connectivity index (χ4n) is 3.51. The number of likely N-dealkylation sites (tertiary alicyclic amines) is 2. The second-order valence-corrected chi connectivity index (χ2v) is 6.56. The Kier molecular flexibility index (Phi) is 4.62. The van der Waals surface area contributed by atoms with Crippen LogP contribution in [0.5, 0.6) is 0 Å². The summed E-state index contributed by atoms with van der Waals surface area (Å²) in [5, 5.41) is 2.81. The quantitative estimate of drug-likeness (QED) is 0.931. The fourth-order valence-corrected chi connectivity index (χ4v) is 3.51. The SMILES string of the molecule is Cc1cc(F)cc(NC(=O)N2CCC(CN3CCCC3)C2)c1. The second-order valence-electron chi connectivity index (χ2n) is 6.56. The summed E-state index contributed by atoms with van der Waals surface area (Å²) >= 11 is 0. The number of hydrogen-bond donors (Lipinski definition) is 1. The van der Waals surface area contributed by atoms with Crippen molar-refractivity contribution < 1.29 is 9.18 Å². The first kappa shape index (κ1) is 15.3. The third-order valence-electron chi connectivity index (χ3n) is 4.58. The Morgan fingerprint density at radius 2 is 2.05 bits per heavy atom. The van der Waals surface area contributed by atoms with Crippen molar-refractivity contribution in [3.8, 4) is 0 Å². The summed E-state index contributed by atoms with van der Waals surface area (Å²) in [6.07, 6.45) is 3.66. The number of benzene rings is 1. The Balaban J connectivity index is 1.52. The van der Waals surface area contributed by atoms with Gasteiger partial charge >= 0.3 is 6.03 Å². The summed E-state index contributed by atoms with van der Waals surface area (Å²) in [5.74, 6) is 0.252. The average molecular weight is 305 g/mol. The minimum Gasteiger partial charge on any atom is -0.324 e. The number of aryl methyl sites for hydroxylation is 1. The topological polar surface area (TPSA) is 35.6 Å². The number of halogens is 1. The second kappa shape index (κ2) is 6.65. The van der Waals surface area contributed by atoms with Crippen LogP contribution < -0.4 is 5.32 Å². The molecule has 0 saturated carbocycles. The molecule has 3 rings (SSSR count). The lowest BCUT2D eigenvalue weighted by Crippen LogP contribution is -2.34. The van der Waals surface area contributed by atoms with E-state index in [2.05, 4.69) is 10.2 Å². The molecule has 4 nitrogen and oxygen atoms in total. The van der Waals surface area contributed by atoms with Crippen LogP contribution in [0.4, 0.5) is 14.9 Å². The fraction of sp³-hybridized carbons (Fsp3) is 0.588. The molecule has 2 heterocycles. The summed E-state index contributed by atoms with van der Waals surface area (Å²) in [6, 6.07) is 4.49. The molecule has 0 aliphatic carbocycles. The van der Waals surface area contributed by atoms with Gasteiger partial charge in [-0.1, -0.05) is 0 Å². The van der Waals surface area contributed by atoms with Crippen LogP contribution in [0.2, 0.25) is 0 Å². The van der Waals surface area contributed by atoms with Crippen LogP contribution in [-0.2, 0) is 0 Å². The Hall–Kier alpha value is -1.62. The molecule has 0 bridgehead atoms. The number of nitrogens with zero attached hydrogens (tertiary/aromatic N) is 2. The molecular formula is C17H24FN3O. The molecule has 5 heteroatoms. The zero-order chi connectivity index (χ0) is 15.5. The number of nitrogens with one attached hydrogen (secondary N) is 1. The minimum atomic E-state index is -0.316. The standard InChI is InChI=1S/C17H24FN3O/c1-13-8-15(18)10-16(9-13)19-17(22)21-7-4-14(12-21)11-20-5-2-3-6-20/h8-10,14H,2-7,11-12H2,1H3,(H,19,22). The van der Waals surface area contributed by atoms with Crippen LogP contribution in [-0.4, -0.2) is 48.6 Å². The molecule has 1 N–H and O–H groups in total. The van der Waals surface area contributed by atoms with Crippen molar-refractivity contribution in [2.24, 2.45) is 5.92 Å². The molecule has 120 valence electrons. The van der Waals surface area contributed by atoms with E-state index >= 15 is 0 Å². The van der Waals surface area contributed by atoms with Crippen molar-refractivity contribution >= 4 is 11.7 Å². The monoisotopic (exact) mass is 305 g/mol. The summed E-state index contributed by atoms with van der Waals surface area (Å²) in [7, 11) is 0. The van der Waals surface area contributed by atoms with E-state index < -0.39 is 0 Å². The van der Waals surface area contributed by atoms with E-state index in [0.717, 1.165) is 31.6 Å². The summed E-state index contributed by atoms with van der Waals surface area (Å²) < 4.78 is 13.4. The minimum absolute atomic E-state index is 0.117. The third-order valence-corrected chi connectivity index (χ3v) is 4.58. The molecule has 1 aromatic rings. The molecule has 0 spiro atoms. The number of carbonyl (C=O) groups excluding carboxylic acids is 1. The highest BCUT2D eigenvalue weighted by Gasteiger charge is 2.28. The number of hydrogen-bond acceptors (Lipinski definition) is 2. The van der Waals surface area contributed by atoms with Crippen molar-refractivity contribution in [3.05, 3.63) is 29.6 Å². The summed E-state index contributed by atoms with van der Waals surface area (Å²) in [5.41, 5.74) is 1.34. The first-order valence-electron chi connectivity index (χ1n) is 8.15. The van der Waals surface area contributed by atoms with Crippen LogP contribution in [0.25, 0.3) is 0 Å². The van der Waals surface area contributed by atoms with Gasteiger partial charge in [0.15, 0.2) is 0 Å². The van der Waals surface area contributed by atoms with Crippen molar-refractivity contribution in [3.63, 3.8) is 0 Å². The van der Waals surface area contributed by atoms with E-state index in [0.29, 0.717) is 11.6 Å². The van der Waals surface area contributed by atoms with Gasteiger partial charge in [0.1, 0.15) is 5.82 Å². The molecule has 2 aliphatic heterocycles. The predicted molar refractivity (Wildman–Crippen MR) is 85.5 cm³/mol. The van der Waals surface area contributed by atoms with Gasteiger partial charge < -0.3 is 15.1 Å². The van der Waals surface area contributed by atoms with Gasteiger partial charge in [-0.15, -0.1) is 0 Å². The van der Waals surface area contributed by atoms with Gasteiger partial charge in [0.25, 0.3) is 0 Å². The van der Waals surface area contributed by atoms with Crippen LogP contribution >= 0.6 is 0 Å². The molecule has 0 radical (unpaired) electrons. The van der Waals surface area contributed by atoms with E-state index in [1.54, 1.807) is 6.07 Å². The summed E-state index contributed by atoms with van der Waals surface area (Å²) in [4.78, 5) is 16.6. The largest absolute Gasteiger partial charge is 0.324 e.